The molecule has 3 heterocycles. The van der Waals surface area contributed by atoms with Gasteiger partial charge >= 0.3 is 6.18 Å². The van der Waals surface area contributed by atoms with Crippen LogP contribution in [0.2, 0.25) is 0 Å². The van der Waals surface area contributed by atoms with E-state index in [2.05, 4.69) is 4.90 Å². The molecule has 0 aliphatic carbocycles. The number of nitrogens with one attached hydrogen (secondary N) is 1. The summed E-state index contributed by atoms with van der Waals surface area (Å²) in [5, 5.41) is 0. The summed E-state index contributed by atoms with van der Waals surface area (Å²) >= 11 is 0. The molecule has 5 nitrogen and oxygen atoms in total. The fourth-order valence-corrected chi connectivity index (χ4v) is 3.87. The fourth-order valence-electron chi connectivity index (χ4n) is 3.87. The molecule has 0 radical (unpaired) electrons. The molecule has 1 N–H and O–H groups in total. The number of aromatic amines is 1. The number of alkyl halides is 3. The normalized spacial score (nSPS) is 22.0. The van der Waals surface area contributed by atoms with Crippen LogP contribution in [0.1, 0.15) is 54.6 Å². The minimum Gasteiger partial charge on any atom is -0.335 e. The van der Waals surface area contributed by atoms with Gasteiger partial charge in [-0.2, -0.15) is 13.2 Å². The van der Waals surface area contributed by atoms with Crippen molar-refractivity contribution >= 4 is 5.91 Å². The molecule has 1 aromatic heterocycles. The van der Waals surface area contributed by atoms with Gasteiger partial charge in [0.2, 0.25) is 0 Å². The zero-order valence-electron chi connectivity index (χ0n) is 14.6. The summed E-state index contributed by atoms with van der Waals surface area (Å²) in [6.07, 6.45) is 1.36. The molecule has 0 aromatic carbocycles. The van der Waals surface area contributed by atoms with Crippen molar-refractivity contribution in [3.63, 3.8) is 0 Å². The number of nitrogens with zero attached hydrogens (tertiary/aromatic N) is 2. The van der Waals surface area contributed by atoms with Gasteiger partial charge in [-0.1, -0.05) is 0 Å². The van der Waals surface area contributed by atoms with E-state index >= 15 is 0 Å². The summed E-state index contributed by atoms with van der Waals surface area (Å²) in [5.41, 5.74) is -2.33. The van der Waals surface area contributed by atoms with Crippen molar-refractivity contribution in [2.75, 3.05) is 26.2 Å². The number of H-pyrrole nitrogens is 1. The molecule has 8 heteroatoms. The molecule has 2 aliphatic rings. The van der Waals surface area contributed by atoms with E-state index in [0.29, 0.717) is 6.54 Å². The quantitative estimate of drug-likeness (QED) is 0.886. The number of hydrogen-bond acceptors (Lipinski definition) is 3. The zero-order chi connectivity index (χ0) is 18.7. The predicted molar refractivity (Wildman–Crippen MR) is 91.0 cm³/mol. The average molecular weight is 371 g/mol. The number of likely N-dealkylation sites (tertiary alicyclic amines) is 2. The fraction of sp³-hybridized carbons (Fsp3) is 0.667. The molecule has 2 aliphatic heterocycles. The van der Waals surface area contributed by atoms with E-state index in [4.69, 9.17) is 0 Å². The van der Waals surface area contributed by atoms with E-state index < -0.39 is 23.3 Å². The van der Waals surface area contributed by atoms with Crippen molar-refractivity contribution in [1.29, 1.82) is 0 Å². The molecule has 0 unspecified atom stereocenters. The van der Waals surface area contributed by atoms with Gasteiger partial charge in [0.1, 0.15) is 11.3 Å². The predicted octanol–water partition coefficient (Wildman–Crippen LogP) is 2.87. The third-order valence-electron chi connectivity index (χ3n) is 5.31. The number of carbonyl (C=O) groups excluding carboxylic acids is 1. The number of halogens is 3. The second-order valence-electron chi connectivity index (χ2n) is 7.10. The van der Waals surface area contributed by atoms with Gasteiger partial charge in [-0.3, -0.25) is 9.59 Å². The number of rotatable bonds is 4. The molecule has 2 fully saturated rings. The molecule has 1 amide bonds. The Morgan fingerprint density at radius 1 is 1.12 bits per heavy atom. The second kappa shape index (κ2) is 7.82. The first-order valence-corrected chi connectivity index (χ1v) is 9.20. The van der Waals surface area contributed by atoms with E-state index in [1.807, 2.05) is 0 Å². The second-order valence-corrected chi connectivity index (χ2v) is 7.10. The van der Waals surface area contributed by atoms with Crippen LogP contribution in [0.15, 0.2) is 16.9 Å². The van der Waals surface area contributed by atoms with Crippen LogP contribution < -0.4 is 5.56 Å². The average Bonchev–Trinajstić information content (AvgIpc) is 3.12. The number of hydrogen-bond donors (Lipinski definition) is 1. The lowest BCUT2D eigenvalue weighted by atomic mass is 9.98. The maximum absolute atomic E-state index is 12.8. The number of piperidine rings is 1. The number of aromatic nitrogens is 1. The highest BCUT2D eigenvalue weighted by Gasteiger charge is 2.34. The smallest absolute Gasteiger partial charge is 0.335 e. The molecule has 0 saturated carbocycles. The molecule has 144 valence electrons. The Kier molecular flexibility index (Phi) is 5.70. The third kappa shape index (κ3) is 4.28. The number of amides is 1. The van der Waals surface area contributed by atoms with Crippen LogP contribution in [0.25, 0.3) is 0 Å². The van der Waals surface area contributed by atoms with Crippen LogP contribution in [-0.4, -0.2) is 52.9 Å². The van der Waals surface area contributed by atoms with E-state index in [9.17, 15) is 22.8 Å². The molecule has 0 spiro atoms. The SMILES string of the molecule is O=C(c1ccc(C(F)(F)F)[nH]c1=O)N1CCCC[C@@H]1CCN1CCCC1. The molecule has 3 rings (SSSR count). The van der Waals surface area contributed by atoms with Gasteiger partial charge < -0.3 is 14.8 Å². The minimum absolute atomic E-state index is 0.0403. The minimum atomic E-state index is -4.63. The van der Waals surface area contributed by atoms with Crippen molar-refractivity contribution in [2.45, 2.75) is 50.7 Å². The van der Waals surface area contributed by atoms with Gasteiger partial charge in [0.25, 0.3) is 11.5 Å². The maximum atomic E-state index is 12.8. The summed E-state index contributed by atoms with van der Waals surface area (Å²) in [5.74, 6) is -0.467. The summed E-state index contributed by atoms with van der Waals surface area (Å²) < 4.78 is 38.1. The molecular weight excluding hydrogens is 347 g/mol. The number of pyridine rings is 1. The largest absolute Gasteiger partial charge is 0.431 e. The van der Waals surface area contributed by atoms with E-state index in [0.717, 1.165) is 57.5 Å². The van der Waals surface area contributed by atoms with Gasteiger partial charge in [0, 0.05) is 19.1 Å². The Morgan fingerprint density at radius 2 is 1.81 bits per heavy atom. The van der Waals surface area contributed by atoms with Crippen molar-refractivity contribution in [3.8, 4) is 0 Å². The van der Waals surface area contributed by atoms with E-state index in [-0.39, 0.29) is 11.6 Å². The van der Waals surface area contributed by atoms with Crippen molar-refractivity contribution in [3.05, 3.63) is 33.7 Å². The summed E-state index contributed by atoms with van der Waals surface area (Å²) in [4.78, 5) is 30.7. The lowest BCUT2D eigenvalue weighted by molar-refractivity contribution is -0.141. The molecular formula is C18H24F3N3O2. The summed E-state index contributed by atoms with van der Waals surface area (Å²) in [6.45, 7) is 3.63. The third-order valence-corrected chi connectivity index (χ3v) is 5.31. The van der Waals surface area contributed by atoms with Gasteiger partial charge in [-0.15, -0.1) is 0 Å². The summed E-state index contributed by atoms with van der Waals surface area (Å²) in [7, 11) is 0. The highest BCUT2D eigenvalue weighted by atomic mass is 19.4. The highest BCUT2D eigenvalue weighted by molar-refractivity contribution is 5.94. The number of carbonyl (C=O) groups is 1. The Bertz CT molecular complexity index is 696. The lowest BCUT2D eigenvalue weighted by Gasteiger charge is -2.36. The first kappa shape index (κ1) is 18.9. The summed E-state index contributed by atoms with van der Waals surface area (Å²) in [6, 6.07) is 1.80. The molecule has 2 saturated heterocycles. The van der Waals surface area contributed by atoms with Crippen molar-refractivity contribution < 1.29 is 18.0 Å². The Labute approximate surface area is 150 Å². The van der Waals surface area contributed by atoms with Crippen LogP contribution in [0.5, 0.6) is 0 Å². The molecule has 1 aromatic rings. The monoisotopic (exact) mass is 371 g/mol. The zero-order valence-corrected chi connectivity index (χ0v) is 14.6. The molecule has 1 atom stereocenters. The standard InChI is InChI=1S/C18H24F3N3O2/c19-18(20,21)15-7-6-14(16(25)22-15)17(26)24-11-2-1-5-13(24)8-12-23-9-3-4-10-23/h6-7,13H,1-5,8-12H2,(H,22,25)/t13-/m1/s1. The Hall–Kier alpha value is -1.83. The highest BCUT2D eigenvalue weighted by Crippen LogP contribution is 2.27. The van der Waals surface area contributed by atoms with Crippen LogP contribution in [0.3, 0.4) is 0 Å². The maximum Gasteiger partial charge on any atom is 0.431 e. The van der Waals surface area contributed by atoms with Crippen LogP contribution in [0.4, 0.5) is 13.2 Å². The van der Waals surface area contributed by atoms with Gasteiger partial charge in [0.05, 0.1) is 0 Å². The molecule has 26 heavy (non-hydrogen) atoms. The Balaban J connectivity index is 1.72. The van der Waals surface area contributed by atoms with E-state index in [1.54, 1.807) is 9.88 Å². The lowest BCUT2D eigenvalue weighted by Crippen LogP contribution is -2.46. The Morgan fingerprint density at radius 3 is 2.46 bits per heavy atom. The first-order chi connectivity index (χ1) is 12.4. The van der Waals surface area contributed by atoms with Gasteiger partial charge in [-0.05, 0) is 63.7 Å². The van der Waals surface area contributed by atoms with Crippen LogP contribution in [0, 0.1) is 0 Å². The van der Waals surface area contributed by atoms with Gasteiger partial charge in [-0.25, -0.2) is 0 Å². The molecule has 0 bridgehead atoms. The van der Waals surface area contributed by atoms with Crippen molar-refractivity contribution in [2.24, 2.45) is 0 Å². The van der Waals surface area contributed by atoms with Crippen molar-refractivity contribution in [1.82, 2.24) is 14.8 Å². The van der Waals surface area contributed by atoms with E-state index in [1.165, 1.54) is 12.8 Å². The first-order valence-electron chi connectivity index (χ1n) is 9.20. The van der Waals surface area contributed by atoms with Crippen LogP contribution >= 0.6 is 0 Å². The topological polar surface area (TPSA) is 56.4 Å². The van der Waals surface area contributed by atoms with Crippen LogP contribution in [-0.2, 0) is 6.18 Å². The van der Waals surface area contributed by atoms with Gasteiger partial charge in [0.15, 0.2) is 0 Å².